The lowest BCUT2D eigenvalue weighted by Gasteiger charge is -2.15. The number of ether oxygens (including phenoxy) is 2. The van der Waals surface area contributed by atoms with E-state index in [1.807, 2.05) is 0 Å². The van der Waals surface area contributed by atoms with Gasteiger partial charge in [0.15, 0.2) is 5.75 Å². The predicted octanol–water partition coefficient (Wildman–Crippen LogP) is 1.92. The number of nitrogens with two attached hydrogens (primary N) is 1. The van der Waals surface area contributed by atoms with Crippen molar-refractivity contribution in [3.63, 3.8) is 0 Å². The zero-order chi connectivity index (χ0) is 14.6. The highest BCUT2D eigenvalue weighted by atomic mass is 19.4. The van der Waals surface area contributed by atoms with Crippen molar-refractivity contribution in [2.75, 3.05) is 6.61 Å². The standard InChI is InChI=1S/C11H13F3N2O3/c1-3-18-10(17)9-6(2)8(19-11(12,13)14)5-16-7(9)4-15/h5H,3-4,15H2,1-2H3. The summed E-state index contributed by atoms with van der Waals surface area (Å²) in [5.74, 6) is -1.33. The van der Waals surface area contributed by atoms with Gasteiger partial charge in [-0.25, -0.2) is 4.79 Å². The Hall–Kier alpha value is -1.83. The second kappa shape index (κ2) is 5.87. The summed E-state index contributed by atoms with van der Waals surface area (Å²) in [6.07, 6.45) is -3.98. The highest BCUT2D eigenvalue weighted by Gasteiger charge is 2.33. The molecule has 0 saturated carbocycles. The van der Waals surface area contributed by atoms with Gasteiger partial charge in [0.25, 0.3) is 0 Å². The molecule has 1 aromatic heterocycles. The lowest BCUT2D eigenvalue weighted by molar-refractivity contribution is -0.275. The lowest BCUT2D eigenvalue weighted by atomic mass is 10.1. The summed E-state index contributed by atoms with van der Waals surface area (Å²) in [7, 11) is 0. The smallest absolute Gasteiger partial charge is 0.462 e. The molecule has 1 rings (SSSR count). The van der Waals surface area contributed by atoms with Gasteiger partial charge in [-0.15, -0.1) is 13.2 Å². The molecule has 19 heavy (non-hydrogen) atoms. The van der Waals surface area contributed by atoms with E-state index in [1.54, 1.807) is 6.92 Å². The maximum Gasteiger partial charge on any atom is 0.573 e. The van der Waals surface area contributed by atoms with Gasteiger partial charge >= 0.3 is 12.3 Å². The summed E-state index contributed by atoms with van der Waals surface area (Å²) in [5, 5.41) is 0. The first-order valence-electron chi connectivity index (χ1n) is 5.41. The molecule has 0 saturated heterocycles. The number of rotatable bonds is 4. The number of nitrogens with zero attached hydrogens (tertiary/aromatic N) is 1. The van der Waals surface area contributed by atoms with Crippen molar-refractivity contribution in [3.05, 3.63) is 23.0 Å². The van der Waals surface area contributed by atoms with E-state index in [4.69, 9.17) is 10.5 Å². The van der Waals surface area contributed by atoms with Gasteiger partial charge in [0.05, 0.1) is 24.1 Å². The molecule has 0 aliphatic rings. The molecule has 2 N–H and O–H groups in total. The van der Waals surface area contributed by atoms with Crippen LogP contribution in [0, 0.1) is 6.92 Å². The third-order valence-corrected chi connectivity index (χ3v) is 2.27. The van der Waals surface area contributed by atoms with Crippen LogP contribution in [-0.2, 0) is 11.3 Å². The summed E-state index contributed by atoms with van der Waals surface area (Å²) in [6.45, 7) is 2.89. The summed E-state index contributed by atoms with van der Waals surface area (Å²) < 4.78 is 45.1. The van der Waals surface area contributed by atoms with Crippen molar-refractivity contribution in [2.24, 2.45) is 5.73 Å². The second-order valence-electron chi connectivity index (χ2n) is 3.54. The van der Waals surface area contributed by atoms with Gasteiger partial charge in [0, 0.05) is 12.1 Å². The molecule has 0 radical (unpaired) electrons. The molecule has 0 amide bonds. The van der Waals surface area contributed by atoms with Crippen molar-refractivity contribution < 1.29 is 27.4 Å². The minimum atomic E-state index is -4.86. The Balaban J connectivity index is 3.25. The zero-order valence-electron chi connectivity index (χ0n) is 10.4. The molecule has 0 aliphatic heterocycles. The number of hydrogen-bond donors (Lipinski definition) is 1. The molecule has 0 aliphatic carbocycles. The minimum absolute atomic E-state index is 0.00812. The van der Waals surface area contributed by atoms with Crippen molar-refractivity contribution in [3.8, 4) is 5.75 Å². The fourth-order valence-electron chi connectivity index (χ4n) is 1.49. The molecule has 0 fully saturated rings. The lowest BCUT2D eigenvalue weighted by Crippen LogP contribution is -2.20. The zero-order valence-corrected chi connectivity index (χ0v) is 10.4. The van der Waals surface area contributed by atoms with Crippen molar-refractivity contribution in [2.45, 2.75) is 26.8 Å². The van der Waals surface area contributed by atoms with Crippen LogP contribution in [0.4, 0.5) is 13.2 Å². The second-order valence-corrected chi connectivity index (χ2v) is 3.54. The molecule has 0 unspecified atom stereocenters. The van der Waals surface area contributed by atoms with E-state index in [0.29, 0.717) is 0 Å². The number of hydrogen-bond acceptors (Lipinski definition) is 5. The van der Waals surface area contributed by atoms with E-state index in [2.05, 4.69) is 9.72 Å². The summed E-state index contributed by atoms with van der Waals surface area (Å²) in [4.78, 5) is 15.4. The maximum atomic E-state index is 12.2. The number of carbonyl (C=O) groups is 1. The first-order valence-corrected chi connectivity index (χ1v) is 5.41. The Bertz CT molecular complexity index is 475. The Morgan fingerprint density at radius 1 is 1.47 bits per heavy atom. The molecular weight excluding hydrogens is 265 g/mol. The van der Waals surface area contributed by atoms with Crippen LogP contribution in [0.25, 0.3) is 0 Å². The number of carbonyl (C=O) groups excluding carboxylic acids is 1. The molecule has 0 atom stereocenters. The molecule has 1 aromatic rings. The minimum Gasteiger partial charge on any atom is -0.462 e. The number of pyridine rings is 1. The van der Waals surface area contributed by atoms with Crippen LogP contribution in [0.1, 0.15) is 28.5 Å². The molecule has 8 heteroatoms. The molecule has 0 bridgehead atoms. The number of aromatic nitrogens is 1. The van der Waals surface area contributed by atoms with E-state index in [-0.39, 0.29) is 30.0 Å². The first-order chi connectivity index (χ1) is 8.80. The van der Waals surface area contributed by atoms with Crippen molar-refractivity contribution >= 4 is 5.97 Å². The Kier molecular flexibility index (Phi) is 4.71. The Morgan fingerprint density at radius 2 is 2.11 bits per heavy atom. The van der Waals surface area contributed by atoms with Gasteiger partial charge in [-0.05, 0) is 13.8 Å². The van der Waals surface area contributed by atoms with E-state index >= 15 is 0 Å². The maximum absolute atomic E-state index is 12.2. The summed E-state index contributed by atoms with van der Waals surface area (Å²) >= 11 is 0. The van der Waals surface area contributed by atoms with Gasteiger partial charge < -0.3 is 15.2 Å². The van der Waals surface area contributed by atoms with Gasteiger partial charge in [-0.1, -0.05) is 0 Å². The van der Waals surface area contributed by atoms with E-state index in [0.717, 1.165) is 6.20 Å². The number of halogens is 3. The van der Waals surface area contributed by atoms with Gasteiger partial charge in [0.1, 0.15) is 0 Å². The third kappa shape index (κ3) is 3.82. The molecule has 0 spiro atoms. The van der Waals surface area contributed by atoms with Crippen LogP contribution >= 0.6 is 0 Å². The van der Waals surface area contributed by atoms with Crippen molar-refractivity contribution in [1.29, 1.82) is 0 Å². The number of esters is 1. The molecule has 1 heterocycles. The fourth-order valence-corrected chi connectivity index (χ4v) is 1.49. The first kappa shape index (κ1) is 15.2. The van der Waals surface area contributed by atoms with Gasteiger partial charge in [0.2, 0.25) is 0 Å². The SMILES string of the molecule is CCOC(=O)c1c(CN)ncc(OC(F)(F)F)c1C. The molecule has 0 aromatic carbocycles. The Labute approximate surface area is 107 Å². The van der Waals surface area contributed by atoms with E-state index in [9.17, 15) is 18.0 Å². The number of alkyl halides is 3. The van der Waals surface area contributed by atoms with E-state index < -0.39 is 18.1 Å². The van der Waals surface area contributed by atoms with Gasteiger partial charge in [-0.2, -0.15) is 0 Å². The average molecular weight is 278 g/mol. The topological polar surface area (TPSA) is 74.4 Å². The summed E-state index contributed by atoms with van der Waals surface area (Å²) in [5.41, 5.74) is 5.46. The van der Waals surface area contributed by atoms with Crippen LogP contribution in [0.5, 0.6) is 5.75 Å². The fraction of sp³-hybridized carbons (Fsp3) is 0.455. The van der Waals surface area contributed by atoms with Crippen LogP contribution in [0.2, 0.25) is 0 Å². The Morgan fingerprint density at radius 3 is 2.58 bits per heavy atom. The van der Waals surface area contributed by atoms with Crippen LogP contribution < -0.4 is 10.5 Å². The quantitative estimate of drug-likeness (QED) is 0.852. The monoisotopic (exact) mass is 278 g/mol. The van der Waals surface area contributed by atoms with Crippen LogP contribution in [0.3, 0.4) is 0 Å². The molecular formula is C11H13F3N2O3. The largest absolute Gasteiger partial charge is 0.573 e. The van der Waals surface area contributed by atoms with Crippen LogP contribution in [0.15, 0.2) is 6.20 Å². The van der Waals surface area contributed by atoms with Crippen LogP contribution in [-0.4, -0.2) is 23.9 Å². The normalized spacial score (nSPS) is 11.3. The third-order valence-electron chi connectivity index (χ3n) is 2.27. The summed E-state index contributed by atoms with van der Waals surface area (Å²) in [6, 6.07) is 0. The van der Waals surface area contributed by atoms with Gasteiger partial charge in [-0.3, -0.25) is 4.98 Å². The molecule has 106 valence electrons. The highest BCUT2D eigenvalue weighted by Crippen LogP contribution is 2.28. The van der Waals surface area contributed by atoms with E-state index in [1.165, 1.54) is 6.92 Å². The highest BCUT2D eigenvalue weighted by molar-refractivity contribution is 5.93. The van der Waals surface area contributed by atoms with Crippen molar-refractivity contribution in [1.82, 2.24) is 4.98 Å². The molecule has 5 nitrogen and oxygen atoms in total. The average Bonchev–Trinajstić information content (AvgIpc) is 2.30. The predicted molar refractivity (Wildman–Crippen MR) is 59.5 cm³/mol.